The molecule has 0 aliphatic carbocycles. The number of likely N-dealkylation sites (tertiary alicyclic amines) is 1. The number of hydrogen-bond donors (Lipinski definition) is 1. The molecule has 148 valence electrons. The van der Waals surface area contributed by atoms with E-state index in [-0.39, 0.29) is 12.1 Å². The van der Waals surface area contributed by atoms with Crippen molar-refractivity contribution in [3.8, 4) is 0 Å². The highest BCUT2D eigenvalue weighted by Gasteiger charge is 2.29. The van der Waals surface area contributed by atoms with Gasteiger partial charge in [-0.2, -0.15) is 0 Å². The topological polar surface area (TPSA) is 58.6 Å². The molecule has 2 aliphatic rings. The van der Waals surface area contributed by atoms with Crippen LogP contribution in [0.4, 0.5) is 4.79 Å². The number of benzene rings is 1. The lowest BCUT2D eigenvalue weighted by Crippen LogP contribution is -2.45. The number of ketones is 1. The van der Waals surface area contributed by atoms with Gasteiger partial charge >= 0.3 is 6.09 Å². The summed E-state index contributed by atoms with van der Waals surface area (Å²) in [6.45, 7) is 4.86. The number of rotatable bonds is 6. The third kappa shape index (κ3) is 5.80. The summed E-state index contributed by atoms with van der Waals surface area (Å²) in [7, 11) is 0. The van der Waals surface area contributed by atoms with Crippen LogP contribution < -0.4 is 5.32 Å². The molecule has 0 saturated carbocycles. The van der Waals surface area contributed by atoms with Crippen molar-refractivity contribution in [2.75, 3.05) is 19.6 Å². The first-order chi connectivity index (χ1) is 13.2. The molecule has 0 spiro atoms. The molecule has 2 saturated heterocycles. The molecule has 1 aromatic carbocycles. The molecule has 2 atom stereocenters. The molecule has 27 heavy (non-hydrogen) atoms. The second-order valence-electron chi connectivity index (χ2n) is 7.95. The highest BCUT2D eigenvalue weighted by Crippen LogP contribution is 2.24. The van der Waals surface area contributed by atoms with E-state index in [0.29, 0.717) is 37.8 Å². The van der Waals surface area contributed by atoms with Crippen molar-refractivity contribution in [1.82, 2.24) is 10.2 Å². The van der Waals surface area contributed by atoms with Crippen molar-refractivity contribution in [2.45, 2.75) is 58.1 Å². The van der Waals surface area contributed by atoms with E-state index < -0.39 is 0 Å². The van der Waals surface area contributed by atoms with Gasteiger partial charge in [0.15, 0.2) is 0 Å². The van der Waals surface area contributed by atoms with Crippen LogP contribution in [0.15, 0.2) is 30.3 Å². The number of Topliss-reactive ketones (excluding diaryl/α,β-unsaturated/α-hetero) is 1. The van der Waals surface area contributed by atoms with E-state index >= 15 is 0 Å². The molecule has 1 aromatic rings. The average molecular weight is 373 g/mol. The van der Waals surface area contributed by atoms with E-state index in [0.717, 1.165) is 43.7 Å². The van der Waals surface area contributed by atoms with Gasteiger partial charge in [-0.05, 0) is 49.6 Å². The first-order valence-electron chi connectivity index (χ1n) is 10.4. The van der Waals surface area contributed by atoms with Crippen LogP contribution in [0.5, 0.6) is 0 Å². The number of amides is 1. The number of nitrogens with one attached hydrogen (secondary N) is 1. The Bertz CT molecular complexity index is 603. The van der Waals surface area contributed by atoms with Gasteiger partial charge in [0.2, 0.25) is 0 Å². The molecule has 2 heterocycles. The van der Waals surface area contributed by atoms with Crippen LogP contribution in [0.2, 0.25) is 0 Å². The predicted molar refractivity (Wildman–Crippen MR) is 105 cm³/mol. The van der Waals surface area contributed by atoms with Gasteiger partial charge < -0.3 is 15.0 Å². The molecule has 2 aliphatic heterocycles. The van der Waals surface area contributed by atoms with Crippen LogP contribution in [0.1, 0.15) is 51.0 Å². The van der Waals surface area contributed by atoms with E-state index in [1.54, 1.807) is 4.90 Å². The molecular weight excluding hydrogens is 340 g/mol. The van der Waals surface area contributed by atoms with Crippen LogP contribution in [-0.2, 0) is 16.1 Å². The first-order valence-corrected chi connectivity index (χ1v) is 10.4. The summed E-state index contributed by atoms with van der Waals surface area (Å²) in [6.07, 6.45) is 5.48. The minimum Gasteiger partial charge on any atom is -0.445 e. The van der Waals surface area contributed by atoms with Crippen molar-refractivity contribution in [2.24, 2.45) is 11.8 Å². The molecule has 3 rings (SSSR count). The Morgan fingerprint density at radius 1 is 1.07 bits per heavy atom. The van der Waals surface area contributed by atoms with Gasteiger partial charge in [0.25, 0.3) is 0 Å². The van der Waals surface area contributed by atoms with Crippen molar-refractivity contribution < 1.29 is 14.3 Å². The van der Waals surface area contributed by atoms with E-state index in [2.05, 4.69) is 12.2 Å². The zero-order valence-corrected chi connectivity index (χ0v) is 16.4. The van der Waals surface area contributed by atoms with Crippen LogP contribution in [0.25, 0.3) is 0 Å². The SMILES string of the molecule is CC[C@@H]1CCC(C(=O)CC2CCN(C(=O)OCc3ccccc3)CC2)NC1. The van der Waals surface area contributed by atoms with Gasteiger partial charge in [-0.3, -0.25) is 4.79 Å². The normalized spacial score (nSPS) is 23.8. The summed E-state index contributed by atoms with van der Waals surface area (Å²) in [6, 6.07) is 9.77. The Labute approximate surface area is 162 Å². The van der Waals surface area contributed by atoms with Crippen LogP contribution in [0.3, 0.4) is 0 Å². The highest BCUT2D eigenvalue weighted by atomic mass is 16.6. The Balaban J connectivity index is 1.36. The Hall–Kier alpha value is -1.88. The number of carbonyl (C=O) groups excluding carboxylic acids is 2. The Morgan fingerprint density at radius 2 is 1.81 bits per heavy atom. The molecule has 0 bridgehead atoms. The maximum Gasteiger partial charge on any atom is 0.410 e. The number of nitrogens with zero attached hydrogens (tertiary/aromatic N) is 1. The molecule has 1 N–H and O–H groups in total. The largest absolute Gasteiger partial charge is 0.445 e. The lowest BCUT2D eigenvalue weighted by molar-refractivity contribution is -0.123. The first kappa shape index (κ1) is 19.9. The molecule has 1 unspecified atom stereocenters. The summed E-state index contributed by atoms with van der Waals surface area (Å²) >= 11 is 0. The van der Waals surface area contributed by atoms with E-state index in [1.165, 1.54) is 6.42 Å². The fraction of sp³-hybridized carbons (Fsp3) is 0.636. The molecule has 0 radical (unpaired) electrons. The third-order valence-corrected chi connectivity index (χ3v) is 6.05. The Morgan fingerprint density at radius 3 is 2.44 bits per heavy atom. The lowest BCUT2D eigenvalue weighted by atomic mass is 9.86. The summed E-state index contributed by atoms with van der Waals surface area (Å²) in [5.74, 6) is 1.47. The molecule has 5 nitrogen and oxygen atoms in total. The fourth-order valence-electron chi connectivity index (χ4n) is 4.10. The minimum absolute atomic E-state index is 0.0432. The quantitative estimate of drug-likeness (QED) is 0.826. The van der Waals surface area contributed by atoms with E-state index in [1.807, 2.05) is 30.3 Å². The van der Waals surface area contributed by atoms with Crippen molar-refractivity contribution in [3.63, 3.8) is 0 Å². The lowest BCUT2D eigenvalue weighted by Gasteiger charge is -2.33. The van der Waals surface area contributed by atoms with Gasteiger partial charge in [-0.1, -0.05) is 43.7 Å². The van der Waals surface area contributed by atoms with Crippen LogP contribution in [0, 0.1) is 11.8 Å². The standard InChI is InChI=1S/C22H32N2O3/c1-2-17-8-9-20(23-15-17)21(25)14-18-10-12-24(13-11-18)22(26)27-16-19-6-4-3-5-7-19/h3-7,17-18,20,23H,2,8-16H2,1H3/t17-,20?/m1/s1. The molecule has 1 amide bonds. The van der Waals surface area contributed by atoms with Crippen molar-refractivity contribution in [3.05, 3.63) is 35.9 Å². The van der Waals surface area contributed by atoms with Gasteiger partial charge in [0.1, 0.15) is 12.4 Å². The second-order valence-corrected chi connectivity index (χ2v) is 7.95. The van der Waals surface area contributed by atoms with E-state index in [9.17, 15) is 9.59 Å². The number of ether oxygens (including phenoxy) is 1. The summed E-state index contributed by atoms with van der Waals surface area (Å²) in [4.78, 5) is 26.6. The maximum atomic E-state index is 12.6. The van der Waals surface area contributed by atoms with Crippen molar-refractivity contribution >= 4 is 11.9 Å². The van der Waals surface area contributed by atoms with Gasteiger partial charge in [-0.15, -0.1) is 0 Å². The fourth-order valence-corrected chi connectivity index (χ4v) is 4.10. The minimum atomic E-state index is -0.247. The number of piperidine rings is 2. The average Bonchev–Trinajstić information content (AvgIpc) is 2.73. The van der Waals surface area contributed by atoms with Crippen LogP contribution >= 0.6 is 0 Å². The molecule has 0 aromatic heterocycles. The third-order valence-electron chi connectivity index (χ3n) is 6.05. The molecular formula is C22H32N2O3. The van der Waals surface area contributed by atoms with Crippen LogP contribution in [-0.4, -0.2) is 42.5 Å². The number of hydrogen-bond acceptors (Lipinski definition) is 4. The predicted octanol–water partition coefficient (Wildman–Crippen LogP) is 3.77. The maximum absolute atomic E-state index is 12.6. The Kier molecular flexibility index (Phi) is 7.27. The molecule has 5 heteroatoms. The van der Waals surface area contributed by atoms with Crippen molar-refractivity contribution in [1.29, 1.82) is 0 Å². The van der Waals surface area contributed by atoms with Gasteiger partial charge in [0.05, 0.1) is 6.04 Å². The zero-order chi connectivity index (χ0) is 19.1. The second kappa shape index (κ2) is 9.88. The molecule has 2 fully saturated rings. The monoisotopic (exact) mass is 372 g/mol. The van der Waals surface area contributed by atoms with Gasteiger partial charge in [-0.25, -0.2) is 4.79 Å². The van der Waals surface area contributed by atoms with Gasteiger partial charge in [0, 0.05) is 19.5 Å². The smallest absolute Gasteiger partial charge is 0.410 e. The summed E-state index contributed by atoms with van der Waals surface area (Å²) in [5, 5.41) is 3.43. The summed E-state index contributed by atoms with van der Waals surface area (Å²) < 4.78 is 5.41. The summed E-state index contributed by atoms with van der Waals surface area (Å²) in [5.41, 5.74) is 0.997. The zero-order valence-electron chi connectivity index (χ0n) is 16.4. The van der Waals surface area contributed by atoms with E-state index in [4.69, 9.17) is 4.74 Å². The highest BCUT2D eigenvalue weighted by molar-refractivity contribution is 5.84. The number of carbonyl (C=O) groups is 2.